The summed E-state index contributed by atoms with van der Waals surface area (Å²) in [5.41, 5.74) is 0.878. The lowest BCUT2D eigenvalue weighted by atomic mass is 10.3. The van der Waals surface area contributed by atoms with Gasteiger partial charge in [0.25, 0.3) is 0 Å². The minimum absolute atomic E-state index is 0.479. The van der Waals surface area contributed by atoms with Crippen molar-refractivity contribution in [1.82, 2.24) is 15.3 Å². The molecule has 2 aromatic rings. The Morgan fingerprint density at radius 3 is 2.40 bits per heavy atom. The second kappa shape index (κ2) is 7.45. The summed E-state index contributed by atoms with van der Waals surface area (Å²) in [5, 5.41) is 3.02. The molecule has 1 aromatic carbocycles. The third kappa shape index (κ3) is 4.20. The Morgan fingerprint density at radius 2 is 1.80 bits per heavy atom. The molecule has 0 bridgehead atoms. The fraction of sp³-hybridized carbons (Fsp3) is 0.333. The summed E-state index contributed by atoms with van der Waals surface area (Å²) in [7, 11) is 1.87. The zero-order chi connectivity index (χ0) is 14.2. The van der Waals surface area contributed by atoms with Crippen LogP contribution in [0.5, 0.6) is 17.4 Å². The minimum Gasteiger partial charge on any atom is -0.494 e. The maximum atomic E-state index is 5.62. The number of aromatic nitrogens is 2. The van der Waals surface area contributed by atoms with Gasteiger partial charge in [0.15, 0.2) is 0 Å². The summed E-state index contributed by atoms with van der Waals surface area (Å²) in [6.45, 7) is 3.49. The first-order valence-corrected chi connectivity index (χ1v) is 6.68. The molecule has 0 unspecified atom stereocenters. The number of benzene rings is 1. The topological polar surface area (TPSA) is 56.3 Å². The summed E-state index contributed by atoms with van der Waals surface area (Å²) >= 11 is 0. The quantitative estimate of drug-likeness (QED) is 0.840. The molecule has 0 fully saturated rings. The Morgan fingerprint density at radius 1 is 1.05 bits per heavy atom. The Hall–Kier alpha value is -2.14. The molecule has 0 aliphatic heterocycles. The van der Waals surface area contributed by atoms with Crippen LogP contribution in [0.3, 0.4) is 0 Å². The number of ether oxygens (including phenoxy) is 2. The van der Waals surface area contributed by atoms with E-state index in [1.165, 1.54) is 0 Å². The van der Waals surface area contributed by atoms with Crippen LogP contribution in [0.2, 0.25) is 0 Å². The minimum atomic E-state index is 0.479. The van der Waals surface area contributed by atoms with Crippen LogP contribution in [0.1, 0.15) is 19.0 Å². The third-order valence-corrected chi connectivity index (χ3v) is 2.56. The van der Waals surface area contributed by atoms with Crippen LogP contribution in [0, 0.1) is 0 Å². The average molecular weight is 273 g/mol. The lowest BCUT2D eigenvalue weighted by Crippen LogP contribution is -2.07. The Kier molecular flexibility index (Phi) is 5.32. The van der Waals surface area contributed by atoms with E-state index in [0.29, 0.717) is 18.2 Å². The highest BCUT2D eigenvalue weighted by Gasteiger charge is 2.01. The van der Waals surface area contributed by atoms with E-state index in [9.17, 15) is 0 Å². The van der Waals surface area contributed by atoms with Crippen LogP contribution in [0.15, 0.2) is 36.7 Å². The van der Waals surface area contributed by atoms with Crippen molar-refractivity contribution in [3.05, 3.63) is 42.4 Å². The van der Waals surface area contributed by atoms with E-state index in [1.54, 1.807) is 12.4 Å². The van der Waals surface area contributed by atoms with E-state index in [0.717, 1.165) is 24.5 Å². The summed E-state index contributed by atoms with van der Waals surface area (Å²) < 4.78 is 11.1. The fourth-order valence-electron chi connectivity index (χ4n) is 1.61. The average Bonchev–Trinajstić information content (AvgIpc) is 2.49. The van der Waals surface area contributed by atoms with Crippen molar-refractivity contribution in [2.45, 2.75) is 19.9 Å². The van der Waals surface area contributed by atoms with Crippen LogP contribution in [0.25, 0.3) is 0 Å². The van der Waals surface area contributed by atoms with E-state index in [2.05, 4.69) is 22.2 Å². The highest BCUT2D eigenvalue weighted by atomic mass is 16.5. The van der Waals surface area contributed by atoms with Gasteiger partial charge in [0.2, 0.25) is 5.88 Å². The molecule has 1 N–H and O–H groups in total. The summed E-state index contributed by atoms with van der Waals surface area (Å²) in [4.78, 5) is 8.46. The Labute approximate surface area is 119 Å². The van der Waals surface area contributed by atoms with Crippen LogP contribution in [-0.2, 0) is 6.54 Å². The number of nitrogens with one attached hydrogen (secondary N) is 1. The molecule has 0 aliphatic carbocycles. The standard InChI is InChI=1S/C15H19N3O2/c1-3-8-19-13-4-6-14(7-5-13)20-15-11-17-12(9-16-2)10-18-15/h4-7,10-11,16H,3,8-9H2,1-2H3. The molecular formula is C15H19N3O2. The Balaban J connectivity index is 1.95. The van der Waals surface area contributed by atoms with Gasteiger partial charge in [0.1, 0.15) is 11.5 Å². The van der Waals surface area contributed by atoms with Crippen LogP contribution in [0.4, 0.5) is 0 Å². The lowest BCUT2D eigenvalue weighted by molar-refractivity contribution is 0.317. The first-order valence-electron chi connectivity index (χ1n) is 6.68. The van der Waals surface area contributed by atoms with E-state index in [1.807, 2.05) is 31.3 Å². The molecule has 0 atom stereocenters. The molecule has 5 heteroatoms. The monoisotopic (exact) mass is 273 g/mol. The molecule has 0 radical (unpaired) electrons. The number of nitrogens with zero attached hydrogens (tertiary/aromatic N) is 2. The van der Waals surface area contributed by atoms with Crippen molar-refractivity contribution in [3.8, 4) is 17.4 Å². The van der Waals surface area contributed by atoms with Crippen molar-refractivity contribution in [3.63, 3.8) is 0 Å². The molecule has 5 nitrogen and oxygen atoms in total. The molecule has 0 saturated heterocycles. The third-order valence-electron chi connectivity index (χ3n) is 2.56. The fourth-order valence-corrected chi connectivity index (χ4v) is 1.61. The molecule has 106 valence electrons. The largest absolute Gasteiger partial charge is 0.494 e. The second-order valence-electron chi connectivity index (χ2n) is 4.30. The van der Waals surface area contributed by atoms with Gasteiger partial charge in [-0.05, 0) is 37.7 Å². The van der Waals surface area contributed by atoms with Crippen molar-refractivity contribution < 1.29 is 9.47 Å². The summed E-state index contributed by atoms with van der Waals surface area (Å²) in [6.07, 6.45) is 4.31. The molecule has 0 amide bonds. The van der Waals surface area contributed by atoms with Gasteiger partial charge >= 0.3 is 0 Å². The predicted octanol–water partition coefficient (Wildman–Crippen LogP) is 2.78. The van der Waals surface area contributed by atoms with Crippen molar-refractivity contribution in [2.75, 3.05) is 13.7 Å². The number of rotatable bonds is 7. The van der Waals surface area contributed by atoms with Gasteiger partial charge < -0.3 is 14.8 Å². The lowest BCUT2D eigenvalue weighted by Gasteiger charge is -2.07. The molecule has 0 saturated carbocycles. The van der Waals surface area contributed by atoms with E-state index in [4.69, 9.17) is 9.47 Å². The van der Waals surface area contributed by atoms with Crippen LogP contribution < -0.4 is 14.8 Å². The highest BCUT2D eigenvalue weighted by Crippen LogP contribution is 2.22. The van der Waals surface area contributed by atoms with Crippen molar-refractivity contribution >= 4 is 0 Å². The Bertz CT molecular complexity index is 512. The summed E-state index contributed by atoms with van der Waals surface area (Å²) in [6, 6.07) is 7.48. The van der Waals surface area contributed by atoms with Gasteiger partial charge in [-0.3, -0.25) is 4.98 Å². The number of hydrogen-bond acceptors (Lipinski definition) is 5. The first kappa shape index (κ1) is 14.3. The summed E-state index contributed by atoms with van der Waals surface area (Å²) in [5.74, 6) is 2.03. The van der Waals surface area contributed by atoms with E-state index in [-0.39, 0.29) is 0 Å². The zero-order valence-corrected chi connectivity index (χ0v) is 11.8. The normalized spacial score (nSPS) is 10.3. The second-order valence-corrected chi connectivity index (χ2v) is 4.30. The molecule has 1 heterocycles. The first-order chi connectivity index (χ1) is 9.81. The predicted molar refractivity (Wildman–Crippen MR) is 77.1 cm³/mol. The van der Waals surface area contributed by atoms with Gasteiger partial charge in [0.05, 0.1) is 24.7 Å². The van der Waals surface area contributed by atoms with Crippen LogP contribution >= 0.6 is 0 Å². The van der Waals surface area contributed by atoms with E-state index >= 15 is 0 Å². The van der Waals surface area contributed by atoms with Gasteiger partial charge in [0, 0.05) is 6.54 Å². The molecular weight excluding hydrogens is 254 g/mol. The van der Waals surface area contributed by atoms with Gasteiger partial charge in [-0.1, -0.05) is 6.92 Å². The van der Waals surface area contributed by atoms with Gasteiger partial charge in [-0.25, -0.2) is 4.98 Å². The molecule has 0 aliphatic rings. The molecule has 1 aromatic heterocycles. The molecule has 2 rings (SSSR count). The molecule has 20 heavy (non-hydrogen) atoms. The molecule has 0 spiro atoms. The smallest absolute Gasteiger partial charge is 0.237 e. The maximum absolute atomic E-state index is 5.62. The highest BCUT2D eigenvalue weighted by molar-refractivity contribution is 5.33. The van der Waals surface area contributed by atoms with Crippen molar-refractivity contribution in [2.24, 2.45) is 0 Å². The van der Waals surface area contributed by atoms with Gasteiger partial charge in [-0.2, -0.15) is 0 Å². The van der Waals surface area contributed by atoms with Crippen LogP contribution in [-0.4, -0.2) is 23.6 Å². The SMILES string of the molecule is CCCOc1ccc(Oc2cnc(CNC)cn2)cc1. The number of hydrogen-bond donors (Lipinski definition) is 1. The zero-order valence-electron chi connectivity index (χ0n) is 11.8. The van der Waals surface area contributed by atoms with Gasteiger partial charge in [-0.15, -0.1) is 0 Å². The maximum Gasteiger partial charge on any atom is 0.237 e. The van der Waals surface area contributed by atoms with Crippen molar-refractivity contribution in [1.29, 1.82) is 0 Å². The van der Waals surface area contributed by atoms with E-state index < -0.39 is 0 Å².